The Morgan fingerprint density at radius 1 is 1.23 bits per heavy atom. The van der Waals surface area contributed by atoms with E-state index in [1.165, 1.54) is 5.56 Å². The molecule has 2 N–H and O–H groups in total. The predicted molar refractivity (Wildman–Crippen MR) is 54.9 cm³/mol. The van der Waals surface area contributed by atoms with Crippen molar-refractivity contribution in [2.24, 2.45) is 0 Å². The van der Waals surface area contributed by atoms with Crippen molar-refractivity contribution < 1.29 is 0 Å². The Morgan fingerprint density at radius 3 is 2.69 bits per heavy atom. The topological polar surface area (TPSA) is 24.1 Å². The molecule has 1 fully saturated rings. The van der Waals surface area contributed by atoms with Crippen LogP contribution in [0, 0.1) is 0 Å². The molecular formula is C11H16N2. The Hall–Kier alpha value is -0.860. The van der Waals surface area contributed by atoms with E-state index in [1.807, 2.05) is 7.05 Å². The molecule has 1 aliphatic rings. The zero-order valence-electron chi connectivity index (χ0n) is 7.96. The maximum Gasteiger partial charge on any atom is 0.0270 e. The third-order valence-electron chi connectivity index (χ3n) is 2.81. The molecule has 2 rings (SSSR count). The Kier molecular flexibility index (Phi) is 2.62. The molecule has 0 bridgehead atoms. The molecule has 1 heterocycles. The van der Waals surface area contributed by atoms with Crippen LogP contribution < -0.4 is 10.6 Å². The van der Waals surface area contributed by atoms with Gasteiger partial charge in [-0.3, -0.25) is 0 Å². The lowest BCUT2D eigenvalue weighted by molar-refractivity contribution is 0.553. The fourth-order valence-corrected chi connectivity index (χ4v) is 2.03. The molecule has 1 saturated heterocycles. The van der Waals surface area contributed by atoms with Gasteiger partial charge >= 0.3 is 0 Å². The van der Waals surface area contributed by atoms with Gasteiger partial charge in [0.15, 0.2) is 0 Å². The lowest BCUT2D eigenvalue weighted by Crippen LogP contribution is -2.31. The minimum absolute atomic E-state index is 0.586. The first-order valence-electron chi connectivity index (χ1n) is 4.84. The normalized spacial score (nSPS) is 27.8. The fraction of sp³-hybridized carbons (Fsp3) is 0.455. The van der Waals surface area contributed by atoms with Crippen LogP contribution in [0.3, 0.4) is 0 Å². The molecule has 70 valence electrons. The van der Waals surface area contributed by atoms with E-state index in [4.69, 9.17) is 0 Å². The van der Waals surface area contributed by atoms with Crippen molar-refractivity contribution in [1.82, 2.24) is 10.6 Å². The van der Waals surface area contributed by atoms with Gasteiger partial charge in [-0.25, -0.2) is 0 Å². The second-order valence-corrected chi connectivity index (χ2v) is 3.57. The molecule has 2 unspecified atom stereocenters. The average Bonchev–Trinajstić information content (AvgIpc) is 2.67. The van der Waals surface area contributed by atoms with Crippen LogP contribution in [0.5, 0.6) is 0 Å². The van der Waals surface area contributed by atoms with Crippen molar-refractivity contribution in [3.63, 3.8) is 0 Å². The van der Waals surface area contributed by atoms with Gasteiger partial charge in [0.2, 0.25) is 0 Å². The van der Waals surface area contributed by atoms with E-state index in [-0.39, 0.29) is 0 Å². The highest BCUT2D eigenvalue weighted by molar-refractivity contribution is 5.23. The summed E-state index contributed by atoms with van der Waals surface area (Å²) in [6, 6.07) is 11.3. The maximum absolute atomic E-state index is 3.41. The highest BCUT2D eigenvalue weighted by Crippen LogP contribution is 2.21. The third kappa shape index (κ3) is 1.74. The van der Waals surface area contributed by atoms with Crippen LogP contribution in [-0.2, 0) is 0 Å². The van der Waals surface area contributed by atoms with E-state index in [0.29, 0.717) is 12.0 Å². The van der Waals surface area contributed by atoms with Crippen molar-refractivity contribution in [1.29, 1.82) is 0 Å². The van der Waals surface area contributed by atoms with Crippen molar-refractivity contribution >= 4 is 0 Å². The number of hydrogen-bond donors (Lipinski definition) is 2. The zero-order valence-corrected chi connectivity index (χ0v) is 7.96. The molecule has 0 aliphatic carbocycles. The summed E-state index contributed by atoms with van der Waals surface area (Å²) in [6.45, 7) is 2.17. The zero-order chi connectivity index (χ0) is 9.10. The third-order valence-corrected chi connectivity index (χ3v) is 2.81. The van der Waals surface area contributed by atoms with Gasteiger partial charge in [-0.15, -0.1) is 0 Å². The molecular weight excluding hydrogens is 160 g/mol. The summed E-state index contributed by atoms with van der Waals surface area (Å²) >= 11 is 0. The summed E-state index contributed by atoms with van der Waals surface area (Å²) < 4.78 is 0. The SMILES string of the molecule is CNC1CNCC1c1ccccc1. The van der Waals surface area contributed by atoms with Crippen LogP contribution in [0.1, 0.15) is 11.5 Å². The summed E-state index contributed by atoms with van der Waals surface area (Å²) in [7, 11) is 2.04. The van der Waals surface area contributed by atoms with Crippen LogP contribution in [-0.4, -0.2) is 26.2 Å². The molecule has 0 saturated carbocycles. The molecule has 1 aromatic rings. The molecule has 13 heavy (non-hydrogen) atoms. The van der Waals surface area contributed by atoms with Gasteiger partial charge in [-0.2, -0.15) is 0 Å². The first-order chi connectivity index (χ1) is 6.42. The highest BCUT2D eigenvalue weighted by atomic mass is 15.0. The maximum atomic E-state index is 3.41. The van der Waals surface area contributed by atoms with Crippen LogP contribution in [0.4, 0.5) is 0 Å². The van der Waals surface area contributed by atoms with Gasteiger partial charge in [0.05, 0.1) is 0 Å². The predicted octanol–water partition coefficient (Wildman–Crippen LogP) is 0.961. The second-order valence-electron chi connectivity index (χ2n) is 3.57. The smallest absolute Gasteiger partial charge is 0.0270 e. The second kappa shape index (κ2) is 3.90. The van der Waals surface area contributed by atoms with Crippen molar-refractivity contribution in [2.75, 3.05) is 20.1 Å². The molecule has 2 heteroatoms. The Bertz CT molecular complexity index is 258. The molecule has 0 radical (unpaired) electrons. The quantitative estimate of drug-likeness (QED) is 0.701. The van der Waals surface area contributed by atoms with E-state index < -0.39 is 0 Å². The standard InChI is InChI=1S/C11H16N2/c1-12-11-8-13-7-10(11)9-5-3-2-4-6-9/h2-6,10-13H,7-8H2,1H3. The van der Waals surface area contributed by atoms with E-state index in [2.05, 4.69) is 41.0 Å². The molecule has 0 amide bonds. The fourth-order valence-electron chi connectivity index (χ4n) is 2.03. The van der Waals surface area contributed by atoms with E-state index in [1.54, 1.807) is 0 Å². The molecule has 0 spiro atoms. The van der Waals surface area contributed by atoms with Gasteiger partial charge in [0, 0.05) is 25.0 Å². The van der Waals surface area contributed by atoms with Gasteiger partial charge in [0.25, 0.3) is 0 Å². The lowest BCUT2D eigenvalue weighted by Gasteiger charge is -2.17. The van der Waals surface area contributed by atoms with Crippen LogP contribution in [0.15, 0.2) is 30.3 Å². The molecule has 1 aromatic carbocycles. The molecule has 2 atom stereocenters. The summed E-state index contributed by atoms with van der Waals surface area (Å²) in [4.78, 5) is 0. The van der Waals surface area contributed by atoms with E-state index >= 15 is 0 Å². The van der Waals surface area contributed by atoms with E-state index in [9.17, 15) is 0 Å². The summed E-state index contributed by atoms with van der Waals surface area (Å²) in [6.07, 6.45) is 0. The molecule has 0 aromatic heterocycles. The number of hydrogen-bond acceptors (Lipinski definition) is 2. The summed E-state index contributed by atoms with van der Waals surface area (Å²) in [5, 5.41) is 6.76. The monoisotopic (exact) mass is 176 g/mol. The number of benzene rings is 1. The van der Waals surface area contributed by atoms with Crippen LogP contribution >= 0.6 is 0 Å². The minimum atomic E-state index is 0.586. The average molecular weight is 176 g/mol. The first kappa shape index (κ1) is 8.73. The first-order valence-corrected chi connectivity index (χ1v) is 4.84. The summed E-state index contributed by atoms with van der Waals surface area (Å²) in [5.41, 5.74) is 1.44. The number of rotatable bonds is 2. The highest BCUT2D eigenvalue weighted by Gasteiger charge is 2.26. The van der Waals surface area contributed by atoms with Crippen molar-refractivity contribution in [3.8, 4) is 0 Å². The number of likely N-dealkylation sites (N-methyl/N-ethyl adjacent to an activating group) is 1. The van der Waals surface area contributed by atoms with Gasteiger partial charge in [-0.05, 0) is 12.6 Å². The largest absolute Gasteiger partial charge is 0.315 e. The Balaban J connectivity index is 2.16. The molecule has 2 nitrogen and oxygen atoms in total. The Labute approximate surface area is 79.4 Å². The van der Waals surface area contributed by atoms with Gasteiger partial charge < -0.3 is 10.6 Å². The van der Waals surface area contributed by atoms with E-state index in [0.717, 1.165) is 13.1 Å². The Morgan fingerprint density at radius 2 is 2.00 bits per heavy atom. The van der Waals surface area contributed by atoms with Gasteiger partial charge in [-0.1, -0.05) is 30.3 Å². The molecule has 1 aliphatic heterocycles. The van der Waals surface area contributed by atoms with Crippen molar-refractivity contribution in [3.05, 3.63) is 35.9 Å². The van der Waals surface area contributed by atoms with Gasteiger partial charge in [0.1, 0.15) is 0 Å². The minimum Gasteiger partial charge on any atom is -0.315 e. The lowest BCUT2D eigenvalue weighted by atomic mass is 9.95. The van der Waals surface area contributed by atoms with Crippen LogP contribution in [0.2, 0.25) is 0 Å². The van der Waals surface area contributed by atoms with Crippen LogP contribution in [0.25, 0.3) is 0 Å². The number of nitrogens with one attached hydrogen (secondary N) is 2. The summed E-state index contributed by atoms with van der Waals surface area (Å²) in [5.74, 6) is 0.631. The van der Waals surface area contributed by atoms with Crippen molar-refractivity contribution in [2.45, 2.75) is 12.0 Å².